The normalized spacial score (nSPS) is 23.9. The molecule has 1 saturated heterocycles. The van der Waals surface area contributed by atoms with Gasteiger partial charge in [-0.05, 0) is 18.1 Å². The smallest absolute Gasteiger partial charge is 0.737 e. The van der Waals surface area contributed by atoms with Crippen molar-refractivity contribution in [2.75, 3.05) is 13.2 Å². The second-order valence-corrected chi connectivity index (χ2v) is 2.48. The summed E-state index contributed by atoms with van der Waals surface area (Å²) in [6.07, 6.45) is 1.56. The quantitative estimate of drug-likeness (QED) is 0.212. The Bertz CT molecular complexity index is 166. The first-order valence-corrected chi connectivity index (χ1v) is 3.47. The second kappa shape index (κ2) is 5.58. The summed E-state index contributed by atoms with van der Waals surface area (Å²) in [6, 6.07) is -0.231. The van der Waals surface area contributed by atoms with E-state index in [2.05, 4.69) is 5.28 Å². The Labute approximate surface area is 92.3 Å². The fourth-order valence-electron chi connectivity index (χ4n) is 1.28. The SMILES string of the molecule is [Na+].[O-]/N=[N+](\[O-])N1CCCC1CO. The van der Waals surface area contributed by atoms with E-state index in [-0.39, 0.29) is 47.2 Å². The first-order chi connectivity index (χ1) is 5.29. The molecule has 64 valence electrons. The summed E-state index contributed by atoms with van der Waals surface area (Å²) >= 11 is 0. The molecule has 1 unspecified atom stereocenters. The summed E-state index contributed by atoms with van der Waals surface area (Å²) in [5.74, 6) is 0. The van der Waals surface area contributed by atoms with Crippen molar-refractivity contribution in [1.29, 1.82) is 0 Å². The van der Waals surface area contributed by atoms with Crippen molar-refractivity contribution in [2.45, 2.75) is 18.9 Å². The van der Waals surface area contributed by atoms with E-state index in [1.54, 1.807) is 0 Å². The van der Waals surface area contributed by atoms with Gasteiger partial charge in [-0.15, -0.1) is 5.01 Å². The van der Waals surface area contributed by atoms with Crippen LogP contribution in [0.1, 0.15) is 12.8 Å². The Kier molecular flexibility index (Phi) is 5.56. The molecular weight excluding hydrogens is 173 g/mol. The van der Waals surface area contributed by atoms with Crippen molar-refractivity contribution in [3.63, 3.8) is 0 Å². The average molecular weight is 183 g/mol. The van der Waals surface area contributed by atoms with E-state index in [1.807, 2.05) is 0 Å². The Balaban J connectivity index is 0.00000121. The number of hydrogen-bond acceptors (Lipinski definition) is 4. The molecule has 0 spiro atoms. The second-order valence-electron chi connectivity index (χ2n) is 2.48. The van der Waals surface area contributed by atoms with E-state index in [4.69, 9.17) is 5.11 Å². The molecule has 0 radical (unpaired) electrons. The molecule has 0 amide bonds. The van der Waals surface area contributed by atoms with Gasteiger partial charge in [0, 0.05) is 4.97 Å². The molecule has 1 heterocycles. The fourth-order valence-corrected chi connectivity index (χ4v) is 1.28. The van der Waals surface area contributed by atoms with Gasteiger partial charge >= 0.3 is 29.6 Å². The summed E-state index contributed by atoms with van der Waals surface area (Å²) in [7, 11) is 0. The van der Waals surface area contributed by atoms with Crippen LogP contribution in [0.4, 0.5) is 0 Å². The van der Waals surface area contributed by atoms with Crippen LogP contribution in [-0.2, 0) is 0 Å². The molecule has 1 rings (SSSR count). The Morgan fingerprint density at radius 3 is 2.83 bits per heavy atom. The van der Waals surface area contributed by atoms with E-state index < -0.39 is 0 Å². The molecule has 0 aromatic rings. The van der Waals surface area contributed by atoms with Gasteiger partial charge in [0.25, 0.3) is 0 Å². The van der Waals surface area contributed by atoms with Crippen LogP contribution in [0.2, 0.25) is 0 Å². The van der Waals surface area contributed by atoms with E-state index in [0.29, 0.717) is 6.54 Å². The van der Waals surface area contributed by atoms with Crippen molar-refractivity contribution in [3.8, 4) is 0 Å². The largest absolute Gasteiger partial charge is 1.00 e. The Hall–Kier alpha value is -0.0400. The van der Waals surface area contributed by atoms with Gasteiger partial charge in [0.2, 0.25) is 0 Å². The van der Waals surface area contributed by atoms with Crippen molar-refractivity contribution >= 4 is 0 Å². The van der Waals surface area contributed by atoms with Gasteiger partial charge in [-0.25, -0.2) is 0 Å². The molecule has 0 aromatic carbocycles. The van der Waals surface area contributed by atoms with Crippen LogP contribution >= 0.6 is 0 Å². The minimum Gasteiger partial charge on any atom is -0.737 e. The maximum absolute atomic E-state index is 10.6. The molecule has 0 saturated carbocycles. The van der Waals surface area contributed by atoms with Crippen LogP contribution in [0.5, 0.6) is 0 Å². The summed E-state index contributed by atoms with van der Waals surface area (Å²) in [5.41, 5.74) is 0. The zero-order valence-electron chi connectivity index (χ0n) is 7.01. The number of rotatable bonds is 2. The summed E-state index contributed by atoms with van der Waals surface area (Å²) in [5, 5.41) is 32.6. The molecule has 12 heavy (non-hydrogen) atoms. The molecule has 1 atom stereocenters. The first kappa shape index (κ1) is 12.0. The third-order valence-electron chi connectivity index (χ3n) is 1.85. The van der Waals surface area contributed by atoms with E-state index >= 15 is 0 Å². The molecule has 6 nitrogen and oxygen atoms in total. The minimum absolute atomic E-state index is 0. The van der Waals surface area contributed by atoms with Crippen LogP contribution < -0.4 is 29.6 Å². The number of aliphatic hydroxyl groups excluding tert-OH is 1. The summed E-state index contributed by atoms with van der Waals surface area (Å²) in [6.45, 7) is 0.398. The predicted octanol–water partition coefficient (Wildman–Crippen LogP) is -3.18. The third kappa shape index (κ3) is 2.48. The van der Waals surface area contributed by atoms with Crippen molar-refractivity contribution in [3.05, 3.63) is 10.4 Å². The predicted molar refractivity (Wildman–Crippen MR) is 36.2 cm³/mol. The zero-order chi connectivity index (χ0) is 8.27. The topological polar surface area (TPSA) is 85.0 Å². The standard InChI is InChI=1S/C5H11N3O3.Na/c9-4-5-2-1-3-7(5)8(11)6-10;/h5,9-10H,1-4H2;/q;+1/p-1/b8-6-;. The van der Waals surface area contributed by atoms with Gasteiger partial charge in [0.15, 0.2) is 0 Å². The Morgan fingerprint density at radius 1 is 1.67 bits per heavy atom. The molecule has 1 N–H and O–H groups in total. The maximum atomic E-state index is 10.6. The number of aliphatic hydroxyl groups is 1. The van der Waals surface area contributed by atoms with Crippen LogP contribution in [0.3, 0.4) is 0 Å². The molecule has 1 fully saturated rings. The average Bonchev–Trinajstić information content (AvgIpc) is 2.50. The number of hydrazine groups is 1. The number of nitrogens with zero attached hydrogens (tertiary/aromatic N) is 3. The molecular formula is C5H10N3NaO3. The molecule has 0 aliphatic carbocycles. The van der Waals surface area contributed by atoms with Crippen molar-refractivity contribution in [1.82, 2.24) is 5.01 Å². The monoisotopic (exact) mass is 183 g/mol. The molecule has 0 bridgehead atoms. The van der Waals surface area contributed by atoms with Gasteiger partial charge in [0.1, 0.15) is 6.04 Å². The fraction of sp³-hybridized carbons (Fsp3) is 1.00. The third-order valence-corrected chi connectivity index (χ3v) is 1.85. The molecule has 1 aliphatic rings. The maximum Gasteiger partial charge on any atom is 1.00 e. The number of hydrogen-bond donors (Lipinski definition) is 1. The van der Waals surface area contributed by atoms with Crippen LogP contribution in [0, 0.1) is 10.4 Å². The van der Waals surface area contributed by atoms with E-state index in [9.17, 15) is 10.4 Å². The Morgan fingerprint density at radius 2 is 2.33 bits per heavy atom. The van der Waals surface area contributed by atoms with Crippen LogP contribution in [0.15, 0.2) is 5.28 Å². The van der Waals surface area contributed by atoms with Gasteiger partial charge < -0.3 is 15.5 Å². The zero-order valence-corrected chi connectivity index (χ0v) is 9.01. The van der Waals surface area contributed by atoms with Crippen molar-refractivity contribution in [2.24, 2.45) is 5.28 Å². The van der Waals surface area contributed by atoms with Crippen LogP contribution in [-0.4, -0.2) is 34.3 Å². The molecule has 7 heteroatoms. The van der Waals surface area contributed by atoms with E-state index in [1.165, 1.54) is 5.01 Å². The molecule has 1 aliphatic heterocycles. The van der Waals surface area contributed by atoms with Gasteiger partial charge in [-0.3, -0.25) is 0 Å². The van der Waals surface area contributed by atoms with Gasteiger partial charge in [-0.1, -0.05) is 0 Å². The minimum atomic E-state index is -0.231. The van der Waals surface area contributed by atoms with Crippen molar-refractivity contribution < 1.29 is 39.6 Å². The van der Waals surface area contributed by atoms with E-state index in [0.717, 1.165) is 12.8 Å². The van der Waals surface area contributed by atoms with Gasteiger partial charge in [0.05, 0.1) is 13.2 Å². The van der Waals surface area contributed by atoms with Crippen LogP contribution in [0.25, 0.3) is 0 Å². The molecule has 0 aromatic heterocycles. The summed E-state index contributed by atoms with van der Waals surface area (Å²) < 4.78 is 0. The first-order valence-electron chi connectivity index (χ1n) is 3.47. The van der Waals surface area contributed by atoms with Gasteiger partial charge in [-0.2, -0.15) is 0 Å². The summed E-state index contributed by atoms with van der Waals surface area (Å²) in [4.78, 5) is 0.00782.